The standard InChI is InChI=1S/C16H13F3N2O2/c1-8-5-10(17)3-4-11(8)16(23)21-15-7-13(19)12(18)6-14(15)20-9(2)22/h3-7H,1-2H3,(H,20,22)(H,21,23). The lowest BCUT2D eigenvalue weighted by atomic mass is 10.1. The molecule has 0 radical (unpaired) electrons. The number of halogens is 3. The van der Waals surface area contributed by atoms with Gasteiger partial charge >= 0.3 is 0 Å². The molecule has 2 N–H and O–H groups in total. The molecule has 0 heterocycles. The van der Waals surface area contributed by atoms with Crippen LogP contribution in [0, 0.1) is 24.4 Å². The van der Waals surface area contributed by atoms with Crippen LogP contribution < -0.4 is 10.6 Å². The molecule has 120 valence electrons. The Morgan fingerprint density at radius 3 is 2.00 bits per heavy atom. The quantitative estimate of drug-likeness (QED) is 0.907. The van der Waals surface area contributed by atoms with Gasteiger partial charge < -0.3 is 10.6 Å². The summed E-state index contributed by atoms with van der Waals surface area (Å²) in [5.74, 6) is -3.98. The molecule has 2 aromatic rings. The van der Waals surface area contributed by atoms with Crippen LogP contribution in [-0.4, -0.2) is 11.8 Å². The Balaban J connectivity index is 2.36. The number of rotatable bonds is 3. The van der Waals surface area contributed by atoms with Crippen LogP contribution >= 0.6 is 0 Å². The van der Waals surface area contributed by atoms with Crippen LogP contribution in [-0.2, 0) is 4.79 Å². The molecule has 0 aromatic heterocycles. The summed E-state index contributed by atoms with van der Waals surface area (Å²) < 4.78 is 39.8. The van der Waals surface area contributed by atoms with Crippen molar-refractivity contribution in [1.82, 2.24) is 0 Å². The first-order valence-electron chi connectivity index (χ1n) is 6.62. The molecule has 0 unspecified atom stereocenters. The van der Waals surface area contributed by atoms with E-state index in [1.54, 1.807) is 0 Å². The van der Waals surface area contributed by atoms with Crippen LogP contribution in [0.4, 0.5) is 24.5 Å². The Morgan fingerprint density at radius 2 is 1.48 bits per heavy atom. The molecule has 4 nitrogen and oxygen atoms in total. The minimum absolute atomic E-state index is 0.0792. The number of anilines is 2. The average Bonchev–Trinajstić information content (AvgIpc) is 2.43. The van der Waals surface area contributed by atoms with Gasteiger partial charge in [-0.2, -0.15) is 0 Å². The number of hydrogen-bond donors (Lipinski definition) is 2. The van der Waals surface area contributed by atoms with Crippen molar-refractivity contribution in [3.63, 3.8) is 0 Å². The molecule has 0 saturated heterocycles. The van der Waals surface area contributed by atoms with Crippen molar-refractivity contribution >= 4 is 23.2 Å². The lowest BCUT2D eigenvalue weighted by molar-refractivity contribution is -0.114. The van der Waals surface area contributed by atoms with Gasteiger partial charge in [-0.1, -0.05) is 0 Å². The van der Waals surface area contributed by atoms with Crippen LogP contribution in [0.15, 0.2) is 30.3 Å². The van der Waals surface area contributed by atoms with E-state index in [4.69, 9.17) is 0 Å². The molecule has 0 fully saturated rings. The topological polar surface area (TPSA) is 58.2 Å². The first kappa shape index (κ1) is 16.5. The molecule has 2 amide bonds. The van der Waals surface area contributed by atoms with Gasteiger partial charge in [-0.15, -0.1) is 0 Å². The second-order valence-electron chi connectivity index (χ2n) is 4.91. The van der Waals surface area contributed by atoms with Gasteiger partial charge in [0.25, 0.3) is 5.91 Å². The Hall–Kier alpha value is -2.83. The van der Waals surface area contributed by atoms with Crippen molar-refractivity contribution in [2.45, 2.75) is 13.8 Å². The predicted octanol–water partition coefficient (Wildman–Crippen LogP) is 3.62. The number of aryl methyl sites for hydroxylation is 1. The molecule has 0 atom stereocenters. The number of amides is 2. The summed E-state index contributed by atoms with van der Waals surface area (Å²) >= 11 is 0. The molecule has 0 saturated carbocycles. The largest absolute Gasteiger partial charge is 0.324 e. The van der Waals surface area contributed by atoms with Crippen molar-refractivity contribution in [3.8, 4) is 0 Å². The molecule has 2 aromatic carbocycles. The van der Waals surface area contributed by atoms with E-state index in [0.29, 0.717) is 5.56 Å². The lowest BCUT2D eigenvalue weighted by Crippen LogP contribution is -2.16. The summed E-state index contributed by atoms with van der Waals surface area (Å²) in [6, 6.07) is 5.09. The van der Waals surface area contributed by atoms with Crippen LogP contribution in [0.5, 0.6) is 0 Å². The first-order valence-corrected chi connectivity index (χ1v) is 6.62. The Labute approximate surface area is 130 Å². The highest BCUT2D eigenvalue weighted by molar-refractivity contribution is 6.07. The summed E-state index contributed by atoms with van der Waals surface area (Å²) in [4.78, 5) is 23.3. The highest BCUT2D eigenvalue weighted by Crippen LogP contribution is 2.26. The van der Waals surface area contributed by atoms with E-state index in [1.807, 2.05) is 0 Å². The smallest absolute Gasteiger partial charge is 0.255 e. The fourth-order valence-corrected chi connectivity index (χ4v) is 2.01. The highest BCUT2D eigenvalue weighted by atomic mass is 19.2. The summed E-state index contributed by atoms with van der Waals surface area (Å²) in [5, 5.41) is 4.68. The van der Waals surface area contributed by atoms with Crippen LogP contribution in [0.3, 0.4) is 0 Å². The SMILES string of the molecule is CC(=O)Nc1cc(F)c(F)cc1NC(=O)c1ccc(F)cc1C. The number of nitrogens with one attached hydrogen (secondary N) is 2. The zero-order valence-corrected chi connectivity index (χ0v) is 12.3. The molecule has 23 heavy (non-hydrogen) atoms. The Bertz CT molecular complexity index is 791. The number of benzene rings is 2. The van der Waals surface area contributed by atoms with E-state index >= 15 is 0 Å². The van der Waals surface area contributed by atoms with E-state index in [0.717, 1.165) is 18.2 Å². The molecule has 7 heteroatoms. The second kappa shape index (κ2) is 6.51. The lowest BCUT2D eigenvalue weighted by Gasteiger charge is -2.13. The first-order chi connectivity index (χ1) is 10.8. The highest BCUT2D eigenvalue weighted by Gasteiger charge is 2.15. The molecule has 0 aliphatic heterocycles. The molecule has 0 aliphatic rings. The maximum Gasteiger partial charge on any atom is 0.255 e. The molecular weight excluding hydrogens is 309 g/mol. The summed E-state index contributed by atoms with van der Waals surface area (Å²) in [6.45, 7) is 2.73. The van der Waals surface area contributed by atoms with Gasteiger partial charge in [0.05, 0.1) is 11.4 Å². The molecule has 0 aliphatic carbocycles. The van der Waals surface area contributed by atoms with Crippen molar-refractivity contribution in [1.29, 1.82) is 0 Å². The summed E-state index contributed by atoms with van der Waals surface area (Å²) in [6.07, 6.45) is 0. The number of hydrogen-bond acceptors (Lipinski definition) is 2. The Morgan fingerprint density at radius 1 is 0.913 bits per heavy atom. The third-order valence-electron chi connectivity index (χ3n) is 3.05. The maximum atomic E-state index is 13.4. The summed E-state index contributed by atoms with van der Waals surface area (Å²) in [7, 11) is 0. The van der Waals surface area contributed by atoms with Gasteiger partial charge in [0.15, 0.2) is 11.6 Å². The number of carbonyl (C=O) groups excluding carboxylic acids is 2. The molecule has 0 bridgehead atoms. The van der Waals surface area contributed by atoms with Gasteiger partial charge in [0.1, 0.15) is 5.82 Å². The second-order valence-corrected chi connectivity index (χ2v) is 4.91. The fourth-order valence-electron chi connectivity index (χ4n) is 2.01. The molecular formula is C16H13F3N2O2. The zero-order valence-electron chi connectivity index (χ0n) is 12.3. The fraction of sp³-hybridized carbons (Fsp3) is 0.125. The summed E-state index contributed by atoms with van der Waals surface area (Å²) in [5.41, 5.74) is 0.369. The van der Waals surface area contributed by atoms with E-state index in [1.165, 1.54) is 26.0 Å². The minimum atomic E-state index is -1.18. The van der Waals surface area contributed by atoms with E-state index in [9.17, 15) is 22.8 Å². The van der Waals surface area contributed by atoms with Crippen LogP contribution in [0.1, 0.15) is 22.8 Å². The van der Waals surface area contributed by atoms with Gasteiger partial charge in [0.2, 0.25) is 5.91 Å². The van der Waals surface area contributed by atoms with E-state index in [2.05, 4.69) is 10.6 Å². The van der Waals surface area contributed by atoms with Gasteiger partial charge in [-0.05, 0) is 30.7 Å². The molecule has 0 spiro atoms. The van der Waals surface area contributed by atoms with Gasteiger partial charge in [-0.25, -0.2) is 13.2 Å². The van der Waals surface area contributed by atoms with Crippen molar-refractivity contribution in [3.05, 3.63) is 58.9 Å². The third kappa shape index (κ3) is 3.88. The van der Waals surface area contributed by atoms with E-state index < -0.39 is 29.3 Å². The van der Waals surface area contributed by atoms with Gasteiger partial charge in [-0.3, -0.25) is 9.59 Å². The van der Waals surface area contributed by atoms with Crippen molar-refractivity contribution in [2.75, 3.05) is 10.6 Å². The van der Waals surface area contributed by atoms with Crippen molar-refractivity contribution in [2.24, 2.45) is 0 Å². The molecule has 2 rings (SSSR count). The average molecular weight is 322 g/mol. The third-order valence-corrected chi connectivity index (χ3v) is 3.05. The van der Waals surface area contributed by atoms with Crippen LogP contribution in [0.2, 0.25) is 0 Å². The van der Waals surface area contributed by atoms with E-state index in [-0.39, 0.29) is 16.9 Å². The monoisotopic (exact) mass is 322 g/mol. The van der Waals surface area contributed by atoms with Gasteiger partial charge in [0, 0.05) is 24.6 Å². The minimum Gasteiger partial charge on any atom is -0.324 e. The van der Waals surface area contributed by atoms with Crippen LogP contribution in [0.25, 0.3) is 0 Å². The predicted molar refractivity (Wildman–Crippen MR) is 79.8 cm³/mol. The Kier molecular flexibility index (Phi) is 4.68. The normalized spacial score (nSPS) is 10.3. The zero-order chi connectivity index (χ0) is 17.1. The maximum absolute atomic E-state index is 13.4. The van der Waals surface area contributed by atoms with Crippen molar-refractivity contribution < 1.29 is 22.8 Å². The number of carbonyl (C=O) groups is 2.